The number of aromatic amines is 2. The number of halogens is 2. The maximum Gasteiger partial charge on any atom is 0.357 e. The van der Waals surface area contributed by atoms with E-state index in [2.05, 4.69) is 36.8 Å². The van der Waals surface area contributed by atoms with Crippen LogP contribution in [0.5, 0.6) is 5.75 Å². The molecule has 0 spiro atoms. The summed E-state index contributed by atoms with van der Waals surface area (Å²) in [5.74, 6) is -0.0886. The summed E-state index contributed by atoms with van der Waals surface area (Å²) in [6.45, 7) is 0. The molecule has 1 aromatic heterocycles. The van der Waals surface area contributed by atoms with Gasteiger partial charge < -0.3 is 10.1 Å². The van der Waals surface area contributed by atoms with E-state index in [9.17, 15) is 24.8 Å². The maximum absolute atomic E-state index is 11.5. The number of H-pyrrole nitrogens is 2. The first kappa shape index (κ1) is 16.2. The Bertz CT molecular complexity index is 901. The summed E-state index contributed by atoms with van der Waals surface area (Å²) in [7, 11) is 0. The minimum atomic E-state index is -1.10. The third-order valence-corrected chi connectivity index (χ3v) is 3.68. The van der Waals surface area contributed by atoms with Crippen LogP contribution >= 0.6 is 31.9 Å². The number of nitro groups is 1. The van der Waals surface area contributed by atoms with E-state index in [0.29, 0.717) is 14.5 Å². The summed E-state index contributed by atoms with van der Waals surface area (Å²) < 4.78 is 1.07. The number of hydrogen-bond acceptors (Lipinski definition) is 5. The van der Waals surface area contributed by atoms with E-state index < -0.39 is 21.9 Å². The molecular weight excluding hydrogens is 426 g/mol. The van der Waals surface area contributed by atoms with E-state index in [1.165, 1.54) is 12.2 Å². The Morgan fingerprint density at radius 2 is 1.86 bits per heavy atom. The third-order valence-electron chi connectivity index (χ3n) is 2.62. The van der Waals surface area contributed by atoms with Gasteiger partial charge in [-0.3, -0.25) is 19.9 Å². The summed E-state index contributed by atoms with van der Waals surface area (Å²) >= 11 is 6.39. The highest BCUT2D eigenvalue weighted by Gasteiger charge is 2.19. The van der Waals surface area contributed by atoms with Crippen LogP contribution in [0.2, 0.25) is 0 Å². The van der Waals surface area contributed by atoms with E-state index in [-0.39, 0.29) is 11.4 Å². The smallest absolute Gasteiger partial charge is 0.357 e. The highest BCUT2D eigenvalue weighted by molar-refractivity contribution is 9.11. The summed E-state index contributed by atoms with van der Waals surface area (Å²) in [6.07, 6.45) is 2.51. The summed E-state index contributed by atoms with van der Waals surface area (Å²) in [5, 5.41) is 20.8. The molecule has 8 nitrogen and oxygen atoms in total. The molecule has 0 atom stereocenters. The summed E-state index contributed by atoms with van der Waals surface area (Å²) in [5.41, 5.74) is -2.70. The molecule has 1 aromatic carbocycles. The molecule has 0 fully saturated rings. The Morgan fingerprint density at radius 1 is 1.18 bits per heavy atom. The van der Waals surface area contributed by atoms with Crippen LogP contribution < -0.4 is 11.2 Å². The van der Waals surface area contributed by atoms with Crippen LogP contribution in [0.3, 0.4) is 0 Å². The van der Waals surface area contributed by atoms with Gasteiger partial charge in [0.15, 0.2) is 0 Å². The van der Waals surface area contributed by atoms with Crippen molar-refractivity contribution in [1.29, 1.82) is 0 Å². The predicted molar refractivity (Wildman–Crippen MR) is 86.8 cm³/mol. The average Bonchev–Trinajstić information content (AvgIpc) is 2.39. The lowest BCUT2D eigenvalue weighted by atomic mass is 10.1. The van der Waals surface area contributed by atoms with Crippen LogP contribution in [0.4, 0.5) is 5.69 Å². The molecule has 0 bridgehead atoms. The van der Waals surface area contributed by atoms with Crippen molar-refractivity contribution in [3.05, 3.63) is 63.3 Å². The van der Waals surface area contributed by atoms with Crippen molar-refractivity contribution in [2.45, 2.75) is 0 Å². The van der Waals surface area contributed by atoms with Gasteiger partial charge in [0.2, 0.25) is 0 Å². The number of hydrogen-bond donors (Lipinski definition) is 3. The van der Waals surface area contributed by atoms with E-state index in [1.807, 2.05) is 0 Å². The Balaban J connectivity index is 2.59. The van der Waals surface area contributed by atoms with Crippen molar-refractivity contribution in [2.75, 3.05) is 0 Å². The molecule has 0 saturated heterocycles. The Kier molecular flexibility index (Phi) is 4.62. The van der Waals surface area contributed by atoms with Crippen molar-refractivity contribution >= 4 is 49.7 Å². The fraction of sp³-hybridized carbons (Fsp3) is 0. The van der Waals surface area contributed by atoms with Gasteiger partial charge in [-0.1, -0.05) is 15.9 Å². The lowest BCUT2D eigenvalue weighted by molar-refractivity contribution is -0.386. The van der Waals surface area contributed by atoms with Gasteiger partial charge in [0, 0.05) is 10.0 Å². The molecule has 0 aliphatic carbocycles. The van der Waals surface area contributed by atoms with Crippen LogP contribution in [0.15, 0.2) is 30.7 Å². The number of nitrogens with zero attached hydrogens (tertiary/aromatic N) is 1. The van der Waals surface area contributed by atoms with Gasteiger partial charge in [-0.2, -0.15) is 0 Å². The van der Waals surface area contributed by atoms with Crippen LogP contribution in [0.25, 0.3) is 12.2 Å². The second-order valence-electron chi connectivity index (χ2n) is 4.09. The van der Waals surface area contributed by atoms with Gasteiger partial charge in [-0.25, -0.2) is 4.79 Å². The standard InChI is InChI=1S/C12H7Br2N3O5/c13-6-3-5(10(18)7(14)4-6)1-2-8-9(17(21)22)11(19)16-12(20)15-8/h1-4,18H,(H2,15,16,19,20). The van der Waals surface area contributed by atoms with Crippen molar-refractivity contribution in [2.24, 2.45) is 0 Å². The molecule has 0 unspecified atom stereocenters. The fourth-order valence-corrected chi connectivity index (χ4v) is 2.94. The third kappa shape index (κ3) is 3.34. The van der Waals surface area contributed by atoms with E-state index in [4.69, 9.17) is 0 Å². The first-order chi connectivity index (χ1) is 10.3. The molecule has 0 amide bonds. The number of nitrogens with one attached hydrogen (secondary N) is 2. The van der Waals surface area contributed by atoms with Gasteiger partial charge in [0.25, 0.3) is 0 Å². The normalized spacial score (nSPS) is 11.0. The Labute approximate surface area is 138 Å². The molecule has 0 aliphatic rings. The largest absolute Gasteiger partial charge is 0.506 e. The Morgan fingerprint density at radius 3 is 2.50 bits per heavy atom. The quantitative estimate of drug-likeness (QED) is 0.506. The predicted octanol–water partition coefficient (Wildman–Crippen LogP) is 2.37. The number of aromatic nitrogens is 2. The van der Waals surface area contributed by atoms with Crippen molar-refractivity contribution < 1.29 is 10.0 Å². The number of benzene rings is 1. The van der Waals surface area contributed by atoms with Crippen LogP contribution in [0, 0.1) is 10.1 Å². The highest BCUT2D eigenvalue weighted by Crippen LogP contribution is 2.32. The lowest BCUT2D eigenvalue weighted by Gasteiger charge is -2.03. The van der Waals surface area contributed by atoms with Crippen molar-refractivity contribution in [3.63, 3.8) is 0 Å². The number of rotatable bonds is 3. The second kappa shape index (κ2) is 6.28. The number of phenolic OH excluding ortho intramolecular Hbond substituents is 1. The minimum absolute atomic E-state index is 0.0886. The molecule has 0 aliphatic heterocycles. The van der Waals surface area contributed by atoms with E-state index in [1.54, 1.807) is 17.1 Å². The molecule has 3 N–H and O–H groups in total. The van der Waals surface area contributed by atoms with E-state index >= 15 is 0 Å². The number of phenols is 1. The first-order valence-electron chi connectivity index (χ1n) is 5.66. The van der Waals surface area contributed by atoms with Gasteiger partial charge in [-0.05, 0) is 40.2 Å². The monoisotopic (exact) mass is 431 g/mol. The molecule has 0 radical (unpaired) electrons. The zero-order chi connectivity index (χ0) is 16.4. The molecule has 1 heterocycles. The van der Waals surface area contributed by atoms with Gasteiger partial charge in [-0.15, -0.1) is 0 Å². The van der Waals surface area contributed by atoms with Gasteiger partial charge in [0.1, 0.15) is 11.4 Å². The van der Waals surface area contributed by atoms with Gasteiger partial charge in [0.05, 0.1) is 9.40 Å². The highest BCUT2D eigenvalue weighted by atomic mass is 79.9. The van der Waals surface area contributed by atoms with Crippen molar-refractivity contribution in [3.8, 4) is 5.75 Å². The minimum Gasteiger partial charge on any atom is -0.506 e. The summed E-state index contributed by atoms with van der Waals surface area (Å²) in [4.78, 5) is 36.7. The Hall–Kier alpha value is -2.20. The molecule has 0 saturated carbocycles. The van der Waals surface area contributed by atoms with Crippen molar-refractivity contribution in [1.82, 2.24) is 9.97 Å². The lowest BCUT2D eigenvalue weighted by Crippen LogP contribution is -2.25. The maximum atomic E-state index is 11.5. The van der Waals surface area contributed by atoms with Crippen LogP contribution in [-0.4, -0.2) is 20.0 Å². The summed E-state index contributed by atoms with van der Waals surface area (Å²) in [6, 6.07) is 3.18. The second-order valence-corrected chi connectivity index (χ2v) is 5.86. The topological polar surface area (TPSA) is 129 Å². The first-order valence-corrected chi connectivity index (χ1v) is 7.25. The molecule has 22 heavy (non-hydrogen) atoms. The molecule has 114 valence electrons. The number of aromatic hydroxyl groups is 1. The zero-order valence-electron chi connectivity index (χ0n) is 10.6. The van der Waals surface area contributed by atoms with Crippen LogP contribution in [0.1, 0.15) is 11.3 Å². The molecule has 2 aromatic rings. The van der Waals surface area contributed by atoms with Gasteiger partial charge >= 0.3 is 16.9 Å². The van der Waals surface area contributed by atoms with E-state index in [0.717, 1.165) is 0 Å². The molecule has 10 heteroatoms. The zero-order valence-corrected chi connectivity index (χ0v) is 13.8. The average molecular weight is 433 g/mol. The van der Waals surface area contributed by atoms with Crippen LogP contribution in [-0.2, 0) is 0 Å². The SMILES string of the molecule is O=c1[nH]c(C=Cc2cc(Br)cc(Br)c2O)c([N+](=O)[O-])c(=O)[nH]1. The molecular formula is C12H7Br2N3O5. The molecule has 2 rings (SSSR count). The fourth-order valence-electron chi connectivity index (χ4n) is 1.69.